The molecule has 0 fully saturated rings. The minimum absolute atomic E-state index is 0.247. The van der Waals surface area contributed by atoms with Gasteiger partial charge in [0.05, 0.1) is 0 Å². The number of benzene rings is 2. The number of rotatable bonds is 3. The third-order valence-corrected chi connectivity index (χ3v) is 3.40. The number of nitrogens with two attached hydrogens (primary N) is 1. The Morgan fingerprint density at radius 1 is 1.21 bits per heavy atom. The molecule has 1 heterocycles. The molecule has 0 aliphatic rings. The smallest absolute Gasteiger partial charge is 0.352 e. The fourth-order valence-electron chi connectivity index (χ4n) is 2.61. The third-order valence-electron chi connectivity index (χ3n) is 3.40. The van der Waals surface area contributed by atoms with Gasteiger partial charge < -0.3 is 15.8 Å². The van der Waals surface area contributed by atoms with Crippen LogP contribution in [0.5, 0.6) is 0 Å². The Hall–Kier alpha value is -2.33. The van der Waals surface area contributed by atoms with Crippen LogP contribution < -0.4 is 5.73 Å². The van der Waals surface area contributed by atoms with Crippen molar-refractivity contribution in [1.29, 1.82) is 0 Å². The molecular formula is C15H14N2O2. The Bertz CT molecular complexity index is 774. The van der Waals surface area contributed by atoms with Crippen LogP contribution in [-0.4, -0.2) is 22.6 Å². The van der Waals surface area contributed by atoms with E-state index in [1.807, 2.05) is 36.4 Å². The number of nitrogens with one attached hydrogen (secondary N) is 1. The van der Waals surface area contributed by atoms with Crippen molar-refractivity contribution in [2.45, 2.75) is 6.42 Å². The number of carboxylic acid groups (broad SMARTS) is 1. The number of aromatic nitrogens is 1. The Morgan fingerprint density at radius 2 is 2.00 bits per heavy atom. The van der Waals surface area contributed by atoms with E-state index in [1.54, 1.807) is 0 Å². The lowest BCUT2D eigenvalue weighted by Gasteiger charge is -2.03. The first-order valence-electron chi connectivity index (χ1n) is 6.18. The number of hydrogen-bond donors (Lipinski definition) is 3. The summed E-state index contributed by atoms with van der Waals surface area (Å²) in [6, 6.07) is 11.9. The van der Waals surface area contributed by atoms with Gasteiger partial charge in [-0.15, -0.1) is 0 Å². The average Bonchev–Trinajstić information content (AvgIpc) is 2.79. The predicted molar refractivity (Wildman–Crippen MR) is 75.5 cm³/mol. The second kappa shape index (κ2) is 4.40. The zero-order valence-corrected chi connectivity index (χ0v) is 10.3. The molecule has 0 amide bonds. The summed E-state index contributed by atoms with van der Waals surface area (Å²) in [5, 5.41) is 12.4. The van der Waals surface area contributed by atoms with E-state index in [0.717, 1.165) is 27.2 Å². The Kier molecular flexibility index (Phi) is 2.72. The molecule has 19 heavy (non-hydrogen) atoms. The maximum atomic E-state index is 11.3. The summed E-state index contributed by atoms with van der Waals surface area (Å²) in [5.74, 6) is -0.941. The van der Waals surface area contributed by atoms with Crippen molar-refractivity contribution in [3.8, 4) is 0 Å². The molecule has 0 bridgehead atoms. The molecule has 0 spiro atoms. The van der Waals surface area contributed by atoms with Gasteiger partial charge >= 0.3 is 5.97 Å². The van der Waals surface area contributed by atoms with E-state index in [2.05, 4.69) is 4.98 Å². The lowest BCUT2D eigenvalue weighted by molar-refractivity contribution is 0.0690. The molecule has 2 aromatic carbocycles. The highest BCUT2D eigenvalue weighted by Gasteiger charge is 2.17. The number of carboxylic acids is 1. The maximum absolute atomic E-state index is 11.3. The van der Waals surface area contributed by atoms with E-state index in [9.17, 15) is 9.90 Å². The average molecular weight is 254 g/mol. The monoisotopic (exact) mass is 254 g/mol. The fourth-order valence-corrected chi connectivity index (χ4v) is 2.61. The maximum Gasteiger partial charge on any atom is 0.352 e. The molecule has 3 rings (SSSR count). The standard InChI is InChI=1S/C15H14N2O2/c16-8-7-11-13-10-4-2-1-3-9(10)5-6-12(13)17-14(11)15(18)19/h1-6,17H,7-8,16H2,(H,18,19). The number of H-pyrrole nitrogens is 1. The molecule has 0 atom stereocenters. The zero-order chi connectivity index (χ0) is 13.4. The molecule has 0 saturated carbocycles. The summed E-state index contributed by atoms with van der Waals surface area (Å²) in [7, 11) is 0. The van der Waals surface area contributed by atoms with E-state index >= 15 is 0 Å². The minimum Gasteiger partial charge on any atom is -0.477 e. The van der Waals surface area contributed by atoms with Crippen LogP contribution in [0.15, 0.2) is 36.4 Å². The Balaban J connectivity index is 2.46. The fraction of sp³-hybridized carbons (Fsp3) is 0.133. The van der Waals surface area contributed by atoms with Crippen LogP contribution in [0.25, 0.3) is 21.7 Å². The summed E-state index contributed by atoms with van der Waals surface area (Å²) in [6.45, 7) is 0.427. The lowest BCUT2D eigenvalue weighted by Crippen LogP contribution is -2.07. The second-order valence-electron chi connectivity index (χ2n) is 4.53. The molecule has 3 aromatic rings. The quantitative estimate of drug-likeness (QED) is 0.672. The largest absolute Gasteiger partial charge is 0.477 e. The number of aromatic amines is 1. The Morgan fingerprint density at radius 3 is 2.74 bits per heavy atom. The first-order valence-corrected chi connectivity index (χ1v) is 6.18. The lowest BCUT2D eigenvalue weighted by atomic mass is 10.0. The van der Waals surface area contributed by atoms with Crippen LogP contribution in [0.4, 0.5) is 0 Å². The second-order valence-corrected chi connectivity index (χ2v) is 4.53. The van der Waals surface area contributed by atoms with Crippen LogP contribution in [0.2, 0.25) is 0 Å². The number of hydrogen-bond acceptors (Lipinski definition) is 2. The van der Waals surface area contributed by atoms with Gasteiger partial charge in [0.1, 0.15) is 5.69 Å². The number of fused-ring (bicyclic) bond motifs is 3. The topological polar surface area (TPSA) is 79.1 Å². The van der Waals surface area contributed by atoms with Gasteiger partial charge in [-0.25, -0.2) is 4.79 Å². The summed E-state index contributed by atoms with van der Waals surface area (Å²) in [4.78, 5) is 14.3. The zero-order valence-electron chi connectivity index (χ0n) is 10.3. The van der Waals surface area contributed by atoms with Gasteiger partial charge in [-0.2, -0.15) is 0 Å². The highest BCUT2D eigenvalue weighted by molar-refractivity contribution is 6.11. The van der Waals surface area contributed by atoms with Crippen molar-refractivity contribution < 1.29 is 9.90 Å². The molecule has 0 saturated heterocycles. The van der Waals surface area contributed by atoms with Crippen LogP contribution >= 0.6 is 0 Å². The van der Waals surface area contributed by atoms with E-state index in [-0.39, 0.29) is 5.69 Å². The molecule has 0 radical (unpaired) electrons. The van der Waals surface area contributed by atoms with Crippen LogP contribution in [-0.2, 0) is 6.42 Å². The van der Waals surface area contributed by atoms with Crippen molar-refractivity contribution in [3.05, 3.63) is 47.7 Å². The van der Waals surface area contributed by atoms with Gasteiger partial charge in [0, 0.05) is 10.9 Å². The van der Waals surface area contributed by atoms with E-state index in [4.69, 9.17) is 5.73 Å². The molecule has 0 aliphatic heterocycles. The van der Waals surface area contributed by atoms with E-state index in [0.29, 0.717) is 13.0 Å². The SMILES string of the molecule is NCCc1c(C(=O)O)[nH]c2ccc3ccccc3c12. The molecule has 96 valence electrons. The molecule has 4 nitrogen and oxygen atoms in total. The molecule has 0 unspecified atom stereocenters. The van der Waals surface area contributed by atoms with Crippen molar-refractivity contribution in [2.24, 2.45) is 5.73 Å². The molecule has 4 heteroatoms. The van der Waals surface area contributed by atoms with E-state index < -0.39 is 5.97 Å². The van der Waals surface area contributed by atoms with Gasteiger partial charge in [0.15, 0.2) is 0 Å². The normalized spacial score (nSPS) is 11.2. The highest BCUT2D eigenvalue weighted by atomic mass is 16.4. The van der Waals surface area contributed by atoms with Crippen LogP contribution in [0.3, 0.4) is 0 Å². The summed E-state index contributed by atoms with van der Waals surface area (Å²) in [6.07, 6.45) is 0.551. The Labute approximate surface area is 109 Å². The highest BCUT2D eigenvalue weighted by Crippen LogP contribution is 2.30. The van der Waals surface area contributed by atoms with Gasteiger partial charge in [-0.1, -0.05) is 30.3 Å². The predicted octanol–water partition coefficient (Wildman–Crippen LogP) is 2.52. The summed E-state index contributed by atoms with van der Waals surface area (Å²) in [5.41, 5.74) is 7.50. The van der Waals surface area contributed by atoms with Gasteiger partial charge in [-0.05, 0) is 35.4 Å². The molecule has 0 aliphatic carbocycles. The van der Waals surface area contributed by atoms with Gasteiger partial charge in [0.25, 0.3) is 0 Å². The minimum atomic E-state index is -0.941. The first-order chi connectivity index (χ1) is 9.22. The summed E-state index contributed by atoms with van der Waals surface area (Å²) >= 11 is 0. The number of aromatic carboxylic acids is 1. The number of carbonyl (C=O) groups is 1. The van der Waals surface area contributed by atoms with Crippen LogP contribution in [0, 0.1) is 0 Å². The summed E-state index contributed by atoms with van der Waals surface area (Å²) < 4.78 is 0. The van der Waals surface area contributed by atoms with Gasteiger partial charge in [0.2, 0.25) is 0 Å². The van der Waals surface area contributed by atoms with Crippen molar-refractivity contribution in [2.75, 3.05) is 6.54 Å². The molecule has 4 N–H and O–H groups in total. The van der Waals surface area contributed by atoms with E-state index in [1.165, 1.54) is 0 Å². The van der Waals surface area contributed by atoms with Gasteiger partial charge in [-0.3, -0.25) is 0 Å². The van der Waals surface area contributed by atoms with Crippen molar-refractivity contribution >= 4 is 27.6 Å². The van der Waals surface area contributed by atoms with Crippen molar-refractivity contribution in [3.63, 3.8) is 0 Å². The third kappa shape index (κ3) is 1.77. The molecule has 1 aromatic heterocycles. The first kappa shape index (κ1) is 11.7. The van der Waals surface area contributed by atoms with Crippen molar-refractivity contribution in [1.82, 2.24) is 4.98 Å². The van der Waals surface area contributed by atoms with Crippen LogP contribution in [0.1, 0.15) is 16.1 Å². The molecular weight excluding hydrogens is 240 g/mol.